The van der Waals surface area contributed by atoms with Crippen LogP contribution in [0.5, 0.6) is 0 Å². The minimum Gasteiger partial charge on any atom is -0.441 e. The van der Waals surface area contributed by atoms with Crippen LogP contribution in [0, 0.1) is 5.82 Å². The van der Waals surface area contributed by atoms with Crippen molar-refractivity contribution in [3.63, 3.8) is 0 Å². The van der Waals surface area contributed by atoms with Gasteiger partial charge in [-0.25, -0.2) is 9.37 Å². The first-order valence-corrected chi connectivity index (χ1v) is 7.36. The summed E-state index contributed by atoms with van der Waals surface area (Å²) in [6.45, 7) is 0. The minimum absolute atomic E-state index is 0.0812. The summed E-state index contributed by atoms with van der Waals surface area (Å²) in [6, 6.07) is 12.3. The Hall–Kier alpha value is -1.39. The molecule has 0 amide bonds. The van der Waals surface area contributed by atoms with Gasteiger partial charge in [0, 0.05) is 11.2 Å². The zero-order valence-electron chi connectivity index (χ0n) is 10.3. The van der Waals surface area contributed by atoms with E-state index in [-0.39, 0.29) is 9.85 Å². The highest BCUT2D eigenvalue weighted by Gasteiger charge is 2.14. The Labute approximate surface area is 128 Å². The van der Waals surface area contributed by atoms with Crippen LogP contribution in [0.2, 0.25) is 5.02 Å². The van der Waals surface area contributed by atoms with Crippen LogP contribution in [0.25, 0.3) is 11.1 Å². The second-order valence-corrected chi connectivity index (χ2v) is 5.93. The summed E-state index contributed by atoms with van der Waals surface area (Å²) < 4.78 is 19.1. The molecular formula is C15H10BrClFNO. The van der Waals surface area contributed by atoms with Crippen LogP contribution < -0.4 is 0 Å². The van der Waals surface area contributed by atoms with Crippen molar-refractivity contribution in [1.29, 1.82) is 0 Å². The van der Waals surface area contributed by atoms with Gasteiger partial charge in [-0.3, -0.25) is 0 Å². The molecule has 1 atom stereocenters. The van der Waals surface area contributed by atoms with Crippen molar-refractivity contribution in [2.75, 3.05) is 0 Å². The number of rotatable bonds is 3. The van der Waals surface area contributed by atoms with Gasteiger partial charge in [0.1, 0.15) is 11.3 Å². The van der Waals surface area contributed by atoms with E-state index in [2.05, 4.69) is 20.9 Å². The Balaban J connectivity index is 1.84. The van der Waals surface area contributed by atoms with Crippen molar-refractivity contribution in [3.05, 3.63) is 64.8 Å². The second-order valence-electron chi connectivity index (χ2n) is 4.42. The van der Waals surface area contributed by atoms with Crippen LogP contribution in [0.3, 0.4) is 0 Å². The molecule has 0 aliphatic carbocycles. The lowest BCUT2D eigenvalue weighted by Gasteiger charge is -2.08. The van der Waals surface area contributed by atoms with Gasteiger partial charge in [0.25, 0.3) is 0 Å². The molecule has 2 aromatic carbocycles. The van der Waals surface area contributed by atoms with Crippen LogP contribution in [-0.4, -0.2) is 4.98 Å². The smallest absolute Gasteiger partial charge is 0.196 e. The van der Waals surface area contributed by atoms with Crippen LogP contribution in [-0.2, 0) is 6.42 Å². The molecule has 0 aliphatic heterocycles. The molecule has 1 heterocycles. The van der Waals surface area contributed by atoms with Crippen LogP contribution in [0.1, 0.15) is 16.3 Å². The third-order valence-corrected chi connectivity index (χ3v) is 4.16. The van der Waals surface area contributed by atoms with Crippen molar-refractivity contribution >= 4 is 38.6 Å². The summed E-state index contributed by atoms with van der Waals surface area (Å²) >= 11 is 9.21. The van der Waals surface area contributed by atoms with Crippen molar-refractivity contribution in [2.45, 2.75) is 11.2 Å². The van der Waals surface area contributed by atoms with Gasteiger partial charge in [0.05, 0.1) is 5.02 Å². The minimum atomic E-state index is -0.425. The number of aromatic nitrogens is 1. The van der Waals surface area contributed by atoms with Crippen LogP contribution >= 0.6 is 27.5 Å². The van der Waals surface area contributed by atoms with Gasteiger partial charge in [-0.1, -0.05) is 45.7 Å². The molecule has 3 rings (SSSR count). The Kier molecular flexibility index (Phi) is 3.76. The largest absolute Gasteiger partial charge is 0.441 e. The van der Waals surface area contributed by atoms with Gasteiger partial charge in [0.15, 0.2) is 11.5 Å². The topological polar surface area (TPSA) is 26.0 Å². The monoisotopic (exact) mass is 353 g/mol. The highest BCUT2D eigenvalue weighted by molar-refractivity contribution is 9.09. The number of fused-ring (bicyclic) bond motifs is 1. The molecule has 0 fully saturated rings. The normalized spacial score (nSPS) is 12.8. The SMILES string of the molecule is Fc1cc(C(Br)Cc2nc3ccccc3o2)ccc1Cl. The number of halogens is 3. The maximum atomic E-state index is 13.5. The Morgan fingerprint density at radius 1 is 1.25 bits per heavy atom. The van der Waals surface area contributed by atoms with E-state index >= 15 is 0 Å². The van der Waals surface area contributed by atoms with Crippen molar-refractivity contribution in [3.8, 4) is 0 Å². The molecule has 1 aromatic heterocycles. The fraction of sp³-hybridized carbons (Fsp3) is 0.133. The van der Waals surface area contributed by atoms with E-state index in [0.717, 1.165) is 16.7 Å². The van der Waals surface area contributed by atoms with Gasteiger partial charge in [-0.05, 0) is 29.8 Å². The predicted molar refractivity (Wildman–Crippen MR) is 80.8 cm³/mol. The number of hydrogen-bond donors (Lipinski definition) is 0. The summed E-state index contributed by atoms with van der Waals surface area (Å²) in [4.78, 5) is 4.32. The molecule has 0 spiro atoms. The molecular weight excluding hydrogens is 345 g/mol. The summed E-state index contributed by atoms with van der Waals surface area (Å²) in [5, 5.41) is 0.121. The molecule has 102 valence electrons. The first-order valence-electron chi connectivity index (χ1n) is 6.07. The molecule has 3 aromatic rings. The fourth-order valence-electron chi connectivity index (χ4n) is 1.99. The third-order valence-electron chi connectivity index (χ3n) is 3.00. The fourth-order valence-corrected chi connectivity index (χ4v) is 2.66. The molecule has 5 heteroatoms. The van der Waals surface area contributed by atoms with Crippen molar-refractivity contribution < 1.29 is 8.81 Å². The highest BCUT2D eigenvalue weighted by atomic mass is 79.9. The highest BCUT2D eigenvalue weighted by Crippen LogP contribution is 2.30. The van der Waals surface area contributed by atoms with Crippen molar-refractivity contribution in [2.24, 2.45) is 0 Å². The zero-order valence-corrected chi connectivity index (χ0v) is 12.7. The zero-order chi connectivity index (χ0) is 14.1. The Bertz CT molecular complexity index is 725. The Morgan fingerprint density at radius 2 is 2.05 bits per heavy atom. The number of hydrogen-bond acceptors (Lipinski definition) is 2. The number of alkyl halides is 1. The second kappa shape index (κ2) is 5.54. The maximum absolute atomic E-state index is 13.5. The average Bonchev–Trinajstić information content (AvgIpc) is 2.83. The summed E-state index contributed by atoms with van der Waals surface area (Å²) in [5.74, 6) is 0.189. The van der Waals surface area contributed by atoms with Crippen molar-refractivity contribution in [1.82, 2.24) is 4.98 Å². The lowest BCUT2D eigenvalue weighted by Crippen LogP contribution is -1.96. The molecule has 0 radical (unpaired) electrons. The molecule has 0 aliphatic rings. The maximum Gasteiger partial charge on any atom is 0.196 e. The van der Waals surface area contributed by atoms with E-state index in [1.165, 1.54) is 6.07 Å². The van der Waals surface area contributed by atoms with Gasteiger partial charge in [-0.15, -0.1) is 0 Å². The first kappa shape index (κ1) is 13.6. The van der Waals surface area contributed by atoms with E-state index in [9.17, 15) is 4.39 Å². The van der Waals surface area contributed by atoms with E-state index in [1.807, 2.05) is 24.3 Å². The number of nitrogens with zero attached hydrogens (tertiary/aromatic N) is 1. The standard InChI is InChI=1S/C15H10BrClFNO/c16-10(9-5-6-11(17)12(18)7-9)8-15-19-13-3-1-2-4-14(13)20-15/h1-7,10H,8H2. The lowest BCUT2D eigenvalue weighted by atomic mass is 10.1. The summed E-state index contributed by atoms with van der Waals surface area (Å²) in [7, 11) is 0. The summed E-state index contributed by atoms with van der Waals surface area (Å²) in [6.07, 6.45) is 0.537. The molecule has 1 unspecified atom stereocenters. The number of para-hydroxylation sites is 2. The lowest BCUT2D eigenvalue weighted by molar-refractivity contribution is 0.527. The molecule has 0 saturated carbocycles. The Morgan fingerprint density at radius 3 is 2.80 bits per heavy atom. The van der Waals surface area contributed by atoms with Gasteiger partial charge in [0.2, 0.25) is 0 Å². The quantitative estimate of drug-likeness (QED) is 0.597. The van der Waals surface area contributed by atoms with E-state index < -0.39 is 5.82 Å². The first-order chi connectivity index (χ1) is 9.63. The number of benzene rings is 2. The average molecular weight is 355 g/mol. The van der Waals surface area contributed by atoms with Gasteiger partial charge >= 0.3 is 0 Å². The molecule has 0 saturated heterocycles. The molecule has 2 nitrogen and oxygen atoms in total. The predicted octanol–water partition coefficient (Wildman–Crippen LogP) is 5.30. The van der Waals surface area contributed by atoms with E-state index in [4.69, 9.17) is 16.0 Å². The number of oxazole rings is 1. The van der Waals surface area contributed by atoms with E-state index in [1.54, 1.807) is 12.1 Å². The van der Waals surface area contributed by atoms with Crippen LogP contribution in [0.4, 0.5) is 4.39 Å². The van der Waals surface area contributed by atoms with Crippen LogP contribution in [0.15, 0.2) is 46.9 Å². The van der Waals surface area contributed by atoms with Gasteiger partial charge in [-0.2, -0.15) is 0 Å². The molecule has 20 heavy (non-hydrogen) atoms. The molecule has 0 bridgehead atoms. The van der Waals surface area contributed by atoms with E-state index in [0.29, 0.717) is 12.3 Å². The third kappa shape index (κ3) is 2.72. The van der Waals surface area contributed by atoms with Gasteiger partial charge < -0.3 is 4.42 Å². The molecule has 0 N–H and O–H groups in total. The summed E-state index contributed by atoms with van der Waals surface area (Å²) in [5.41, 5.74) is 2.38.